The predicted molar refractivity (Wildman–Crippen MR) is 115 cm³/mol. The number of rotatable bonds is 6. The van der Waals surface area contributed by atoms with E-state index in [-0.39, 0.29) is 5.56 Å². The van der Waals surface area contributed by atoms with Gasteiger partial charge in [-0.3, -0.25) is 14.5 Å². The third-order valence-corrected chi connectivity index (χ3v) is 5.14. The predicted octanol–water partition coefficient (Wildman–Crippen LogP) is 2.17. The Morgan fingerprint density at radius 1 is 1.00 bits per heavy atom. The van der Waals surface area contributed by atoms with Gasteiger partial charge in [-0.25, -0.2) is 5.10 Å². The third-order valence-electron chi connectivity index (χ3n) is 5.14. The average molecular weight is 404 g/mol. The maximum atomic E-state index is 13.1. The molecule has 1 aliphatic rings. The standard InChI is InChI=1S/C23H24N4O3/c28-22(24-11-12-27-13-15-30-16-14-27)20-19(17-7-3-1-4-8-17)21(25-26-23(20)29)18-9-5-2-6-10-18/h1-10H,11-16H2,(H,24,28)(H,26,29). The highest BCUT2D eigenvalue weighted by Gasteiger charge is 2.23. The molecule has 0 spiro atoms. The maximum absolute atomic E-state index is 13.1. The lowest BCUT2D eigenvalue weighted by Crippen LogP contribution is -2.42. The molecule has 0 unspecified atom stereocenters. The Morgan fingerprint density at radius 2 is 1.63 bits per heavy atom. The van der Waals surface area contributed by atoms with Crippen molar-refractivity contribution in [3.63, 3.8) is 0 Å². The zero-order valence-corrected chi connectivity index (χ0v) is 16.6. The minimum atomic E-state index is -0.502. The van der Waals surface area contributed by atoms with Crippen LogP contribution in [-0.2, 0) is 4.74 Å². The second kappa shape index (κ2) is 9.47. The van der Waals surface area contributed by atoms with Gasteiger partial charge in [-0.15, -0.1) is 0 Å². The van der Waals surface area contributed by atoms with Crippen molar-refractivity contribution in [3.8, 4) is 22.4 Å². The van der Waals surface area contributed by atoms with Crippen LogP contribution in [0.1, 0.15) is 10.4 Å². The normalized spacial score (nSPS) is 14.4. The van der Waals surface area contributed by atoms with Gasteiger partial charge in [0.1, 0.15) is 5.56 Å². The minimum Gasteiger partial charge on any atom is -0.379 e. The van der Waals surface area contributed by atoms with Crippen molar-refractivity contribution >= 4 is 5.91 Å². The summed E-state index contributed by atoms with van der Waals surface area (Å²) < 4.78 is 5.35. The molecule has 1 aliphatic heterocycles. The highest BCUT2D eigenvalue weighted by Crippen LogP contribution is 2.31. The highest BCUT2D eigenvalue weighted by molar-refractivity contribution is 6.03. The smallest absolute Gasteiger partial charge is 0.277 e. The van der Waals surface area contributed by atoms with Crippen LogP contribution in [0.2, 0.25) is 0 Å². The van der Waals surface area contributed by atoms with Crippen molar-refractivity contribution in [3.05, 3.63) is 76.6 Å². The lowest BCUT2D eigenvalue weighted by Gasteiger charge is -2.26. The summed E-state index contributed by atoms with van der Waals surface area (Å²) in [4.78, 5) is 28.0. The number of H-pyrrole nitrogens is 1. The molecule has 0 aliphatic carbocycles. The van der Waals surface area contributed by atoms with Crippen molar-refractivity contribution in [2.24, 2.45) is 0 Å². The van der Waals surface area contributed by atoms with E-state index in [4.69, 9.17) is 4.74 Å². The molecule has 30 heavy (non-hydrogen) atoms. The highest BCUT2D eigenvalue weighted by atomic mass is 16.5. The molecule has 0 saturated carbocycles. The lowest BCUT2D eigenvalue weighted by molar-refractivity contribution is 0.0383. The second-order valence-corrected chi connectivity index (χ2v) is 7.09. The maximum Gasteiger partial charge on any atom is 0.277 e. The molecule has 1 fully saturated rings. The topological polar surface area (TPSA) is 87.3 Å². The van der Waals surface area contributed by atoms with Gasteiger partial charge in [0, 0.05) is 37.3 Å². The Balaban J connectivity index is 1.67. The van der Waals surface area contributed by atoms with Gasteiger partial charge in [-0.1, -0.05) is 60.7 Å². The molecule has 0 bridgehead atoms. The first-order valence-corrected chi connectivity index (χ1v) is 10.1. The molecule has 1 aromatic heterocycles. The molecule has 2 heterocycles. The molecular weight excluding hydrogens is 380 g/mol. The summed E-state index contributed by atoms with van der Waals surface area (Å²) >= 11 is 0. The van der Waals surface area contributed by atoms with E-state index in [2.05, 4.69) is 20.4 Å². The summed E-state index contributed by atoms with van der Waals surface area (Å²) in [6.45, 7) is 4.27. The molecule has 0 atom stereocenters. The monoisotopic (exact) mass is 404 g/mol. The quantitative estimate of drug-likeness (QED) is 0.658. The van der Waals surface area contributed by atoms with E-state index in [0.29, 0.717) is 37.6 Å². The Hall–Kier alpha value is -3.29. The molecule has 7 nitrogen and oxygen atoms in total. The fraction of sp³-hybridized carbons (Fsp3) is 0.261. The van der Waals surface area contributed by atoms with Crippen LogP contribution in [0.3, 0.4) is 0 Å². The summed E-state index contributed by atoms with van der Waals surface area (Å²) in [5, 5.41) is 9.69. The summed E-state index contributed by atoms with van der Waals surface area (Å²) in [5.74, 6) is -0.400. The number of benzene rings is 2. The van der Waals surface area contributed by atoms with E-state index in [1.807, 2.05) is 60.7 Å². The van der Waals surface area contributed by atoms with Gasteiger partial charge in [0.15, 0.2) is 0 Å². The number of nitrogens with one attached hydrogen (secondary N) is 2. The zero-order chi connectivity index (χ0) is 20.8. The zero-order valence-electron chi connectivity index (χ0n) is 16.6. The van der Waals surface area contributed by atoms with Gasteiger partial charge in [-0.2, -0.15) is 5.10 Å². The van der Waals surface area contributed by atoms with Crippen molar-refractivity contribution in [1.82, 2.24) is 20.4 Å². The lowest BCUT2D eigenvalue weighted by atomic mass is 9.95. The summed E-state index contributed by atoms with van der Waals surface area (Å²) in [6.07, 6.45) is 0. The average Bonchev–Trinajstić information content (AvgIpc) is 2.80. The van der Waals surface area contributed by atoms with Gasteiger partial charge in [0.05, 0.1) is 18.9 Å². The number of ether oxygens (including phenoxy) is 1. The van der Waals surface area contributed by atoms with Crippen LogP contribution in [0.5, 0.6) is 0 Å². The van der Waals surface area contributed by atoms with E-state index in [0.717, 1.165) is 24.2 Å². The molecule has 154 valence electrons. The van der Waals surface area contributed by atoms with Gasteiger partial charge >= 0.3 is 0 Å². The Labute approximate surface area is 174 Å². The Morgan fingerprint density at radius 3 is 2.30 bits per heavy atom. The molecule has 2 aromatic carbocycles. The van der Waals surface area contributed by atoms with Crippen molar-refractivity contribution in [2.75, 3.05) is 39.4 Å². The van der Waals surface area contributed by atoms with E-state index in [1.54, 1.807) is 0 Å². The fourth-order valence-corrected chi connectivity index (χ4v) is 3.60. The Bertz CT molecular complexity index is 1050. The minimum absolute atomic E-state index is 0.0806. The number of aromatic nitrogens is 2. The molecule has 4 rings (SSSR count). The van der Waals surface area contributed by atoms with Crippen molar-refractivity contribution in [2.45, 2.75) is 0 Å². The van der Waals surface area contributed by atoms with Crippen LogP contribution < -0.4 is 10.9 Å². The van der Waals surface area contributed by atoms with Crippen LogP contribution in [-0.4, -0.2) is 60.4 Å². The molecule has 1 amide bonds. The van der Waals surface area contributed by atoms with Gasteiger partial charge < -0.3 is 10.1 Å². The van der Waals surface area contributed by atoms with Crippen molar-refractivity contribution < 1.29 is 9.53 Å². The molecule has 1 saturated heterocycles. The first-order chi connectivity index (χ1) is 14.7. The molecular formula is C23H24N4O3. The van der Waals surface area contributed by atoms with Crippen LogP contribution in [0.25, 0.3) is 22.4 Å². The first-order valence-electron chi connectivity index (χ1n) is 10.1. The second-order valence-electron chi connectivity index (χ2n) is 7.09. The number of hydrogen-bond donors (Lipinski definition) is 2. The van der Waals surface area contributed by atoms with Crippen LogP contribution in [0.4, 0.5) is 0 Å². The fourth-order valence-electron chi connectivity index (χ4n) is 3.60. The summed E-state index contributed by atoms with van der Waals surface area (Å²) in [5.41, 5.74) is 2.28. The van der Waals surface area contributed by atoms with E-state index in [1.165, 1.54) is 0 Å². The number of carbonyl (C=O) groups is 1. The van der Waals surface area contributed by atoms with E-state index < -0.39 is 11.5 Å². The number of aromatic amines is 1. The van der Waals surface area contributed by atoms with Gasteiger partial charge in [0.2, 0.25) is 0 Å². The number of carbonyl (C=O) groups excluding carboxylic acids is 1. The Kier molecular flexibility index (Phi) is 6.32. The van der Waals surface area contributed by atoms with E-state index >= 15 is 0 Å². The molecule has 3 aromatic rings. The van der Waals surface area contributed by atoms with Crippen LogP contribution in [0.15, 0.2) is 65.5 Å². The number of hydrogen-bond acceptors (Lipinski definition) is 5. The largest absolute Gasteiger partial charge is 0.379 e. The number of nitrogens with zero attached hydrogens (tertiary/aromatic N) is 2. The molecule has 0 radical (unpaired) electrons. The van der Waals surface area contributed by atoms with E-state index in [9.17, 15) is 9.59 Å². The third kappa shape index (κ3) is 4.48. The van der Waals surface area contributed by atoms with Crippen LogP contribution in [0, 0.1) is 0 Å². The van der Waals surface area contributed by atoms with Crippen LogP contribution >= 0.6 is 0 Å². The summed E-state index contributed by atoms with van der Waals surface area (Å²) in [7, 11) is 0. The SMILES string of the molecule is O=C(NCCN1CCOCC1)c1c(-c2ccccc2)c(-c2ccccc2)n[nH]c1=O. The molecule has 2 N–H and O–H groups in total. The van der Waals surface area contributed by atoms with Gasteiger partial charge in [-0.05, 0) is 5.56 Å². The molecule has 7 heteroatoms. The van der Waals surface area contributed by atoms with Gasteiger partial charge in [0.25, 0.3) is 11.5 Å². The summed E-state index contributed by atoms with van der Waals surface area (Å²) in [6, 6.07) is 19.0. The van der Waals surface area contributed by atoms with Crippen molar-refractivity contribution in [1.29, 1.82) is 0 Å². The number of morpholine rings is 1. The number of amides is 1. The first kappa shape index (κ1) is 20.0.